The van der Waals surface area contributed by atoms with Gasteiger partial charge in [0.1, 0.15) is 6.33 Å². The van der Waals surface area contributed by atoms with Gasteiger partial charge < -0.3 is 10.2 Å². The number of nitrogens with one attached hydrogen (secondary N) is 1. The van der Waals surface area contributed by atoms with Gasteiger partial charge >= 0.3 is 0 Å². The van der Waals surface area contributed by atoms with Crippen LogP contribution in [0, 0.1) is 6.92 Å². The van der Waals surface area contributed by atoms with Crippen LogP contribution in [0.5, 0.6) is 0 Å². The fourth-order valence-electron chi connectivity index (χ4n) is 3.99. The van der Waals surface area contributed by atoms with E-state index in [9.17, 15) is 4.79 Å². The van der Waals surface area contributed by atoms with Gasteiger partial charge in [0.2, 0.25) is 0 Å². The van der Waals surface area contributed by atoms with Crippen molar-refractivity contribution >= 4 is 17.3 Å². The normalized spacial score (nSPS) is 10.7. The van der Waals surface area contributed by atoms with Crippen LogP contribution in [0.15, 0.2) is 79.4 Å². The molecular weight excluding hydrogens is 422 g/mol. The zero-order valence-corrected chi connectivity index (χ0v) is 19.8. The minimum absolute atomic E-state index is 0.131. The fourth-order valence-corrected chi connectivity index (χ4v) is 3.99. The Morgan fingerprint density at radius 2 is 1.74 bits per heavy atom. The highest BCUT2D eigenvalue weighted by atomic mass is 16.1. The summed E-state index contributed by atoms with van der Waals surface area (Å²) in [4.78, 5) is 28.3. The minimum Gasteiger partial charge on any atom is -0.372 e. The van der Waals surface area contributed by atoms with Gasteiger partial charge in [-0.3, -0.25) is 9.78 Å². The van der Waals surface area contributed by atoms with E-state index in [1.54, 1.807) is 12.4 Å². The number of aromatic nitrogens is 3. The Morgan fingerprint density at radius 1 is 0.941 bits per heavy atom. The molecule has 6 heteroatoms. The molecule has 172 valence electrons. The summed E-state index contributed by atoms with van der Waals surface area (Å²) in [6.45, 7) is 8.22. The molecule has 0 saturated heterocycles. The number of nitrogens with zero attached hydrogens (tertiary/aromatic N) is 4. The molecule has 6 nitrogen and oxygen atoms in total. The molecule has 0 aliphatic carbocycles. The molecule has 4 rings (SSSR count). The van der Waals surface area contributed by atoms with Gasteiger partial charge in [-0.15, -0.1) is 0 Å². The van der Waals surface area contributed by atoms with Crippen LogP contribution in [-0.4, -0.2) is 33.9 Å². The summed E-state index contributed by atoms with van der Waals surface area (Å²) in [5, 5.41) is 3.02. The first-order chi connectivity index (χ1) is 16.6. The largest absolute Gasteiger partial charge is 0.372 e. The number of pyridine rings is 1. The van der Waals surface area contributed by atoms with Gasteiger partial charge in [0.25, 0.3) is 5.91 Å². The van der Waals surface area contributed by atoms with Crippen LogP contribution >= 0.6 is 0 Å². The smallest absolute Gasteiger partial charge is 0.255 e. The molecule has 0 radical (unpaired) electrons. The summed E-state index contributed by atoms with van der Waals surface area (Å²) in [5.74, 6) is -0.131. The summed E-state index contributed by atoms with van der Waals surface area (Å²) in [6.07, 6.45) is 5.65. The van der Waals surface area contributed by atoms with Crippen molar-refractivity contribution < 1.29 is 4.79 Å². The first-order valence-electron chi connectivity index (χ1n) is 11.5. The molecule has 0 atom stereocenters. The van der Waals surface area contributed by atoms with E-state index in [0.29, 0.717) is 12.0 Å². The molecule has 0 saturated carbocycles. The van der Waals surface area contributed by atoms with Crippen molar-refractivity contribution in [3.8, 4) is 11.3 Å². The summed E-state index contributed by atoms with van der Waals surface area (Å²) in [7, 11) is 0. The highest BCUT2D eigenvalue weighted by molar-refractivity contribution is 6.04. The lowest BCUT2D eigenvalue weighted by Gasteiger charge is -2.21. The van der Waals surface area contributed by atoms with Crippen LogP contribution in [0.25, 0.3) is 11.3 Å². The summed E-state index contributed by atoms with van der Waals surface area (Å²) in [5.41, 5.74) is 7.42. The van der Waals surface area contributed by atoms with E-state index in [1.807, 2.05) is 60.7 Å². The van der Waals surface area contributed by atoms with E-state index in [-0.39, 0.29) is 5.91 Å². The third-order valence-electron chi connectivity index (χ3n) is 5.97. The first kappa shape index (κ1) is 23.1. The van der Waals surface area contributed by atoms with Crippen LogP contribution in [0.1, 0.15) is 41.0 Å². The fraction of sp³-hybridized carbons (Fsp3) is 0.214. The Labute approximate surface area is 200 Å². The first-order valence-corrected chi connectivity index (χ1v) is 11.5. The average Bonchev–Trinajstić information content (AvgIpc) is 2.88. The monoisotopic (exact) mass is 451 g/mol. The zero-order valence-electron chi connectivity index (χ0n) is 19.8. The molecule has 0 aliphatic rings. The second kappa shape index (κ2) is 10.7. The molecule has 34 heavy (non-hydrogen) atoms. The van der Waals surface area contributed by atoms with Crippen molar-refractivity contribution in [1.29, 1.82) is 0 Å². The van der Waals surface area contributed by atoms with Crippen molar-refractivity contribution in [2.24, 2.45) is 0 Å². The predicted molar refractivity (Wildman–Crippen MR) is 137 cm³/mol. The van der Waals surface area contributed by atoms with E-state index in [0.717, 1.165) is 52.5 Å². The van der Waals surface area contributed by atoms with Gasteiger partial charge in [-0.25, -0.2) is 9.97 Å². The maximum atomic E-state index is 13.0. The Kier molecular flexibility index (Phi) is 7.28. The molecule has 2 heterocycles. The van der Waals surface area contributed by atoms with E-state index in [2.05, 4.69) is 45.9 Å². The Balaban J connectivity index is 1.54. The van der Waals surface area contributed by atoms with E-state index < -0.39 is 0 Å². The van der Waals surface area contributed by atoms with Crippen molar-refractivity contribution in [1.82, 2.24) is 15.0 Å². The lowest BCUT2D eigenvalue weighted by Crippen LogP contribution is -2.21. The predicted octanol–water partition coefficient (Wildman–Crippen LogP) is 5.54. The molecule has 1 N–H and O–H groups in total. The molecule has 1 amide bonds. The van der Waals surface area contributed by atoms with Crippen LogP contribution in [0.2, 0.25) is 0 Å². The molecule has 0 bridgehead atoms. The number of hydrogen-bond acceptors (Lipinski definition) is 5. The maximum Gasteiger partial charge on any atom is 0.255 e. The molecular formula is C28H29N5O. The van der Waals surface area contributed by atoms with Gasteiger partial charge in [0, 0.05) is 54.4 Å². The number of hydrogen-bond donors (Lipinski definition) is 1. The number of carbonyl (C=O) groups excluding carboxylic acids is 1. The van der Waals surface area contributed by atoms with Crippen LogP contribution in [-0.2, 0) is 6.42 Å². The summed E-state index contributed by atoms with van der Waals surface area (Å²) in [6, 6.07) is 19.6. The third-order valence-corrected chi connectivity index (χ3v) is 5.97. The molecule has 2 aromatic carbocycles. The van der Waals surface area contributed by atoms with Crippen LogP contribution in [0.4, 0.5) is 11.4 Å². The number of aryl methyl sites for hydroxylation is 1. The number of anilines is 2. The second-order valence-electron chi connectivity index (χ2n) is 8.08. The lowest BCUT2D eigenvalue weighted by atomic mass is 9.97. The standard InChI is InChI=1S/C28H29N5O/c1-4-33(5-2)24-12-10-23(11-13-24)32-28(34)21-9-8-20(3)22(17-21)18-27-25(7-6-15-30-27)26-14-16-29-19-31-26/h6-17,19H,4-5,18H2,1-3H3,(H,32,34). The van der Waals surface area contributed by atoms with Crippen LogP contribution < -0.4 is 10.2 Å². The van der Waals surface area contributed by atoms with Crippen molar-refractivity contribution in [3.05, 3.63) is 102 Å². The SMILES string of the molecule is CCN(CC)c1ccc(NC(=O)c2ccc(C)c(Cc3ncccc3-c3ccncn3)c2)cc1. The zero-order chi connectivity index (χ0) is 23.9. The molecule has 0 unspecified atom stereocenters. The molecule has 0 spiro atoms. The van der Waals surface area contributed by atoms with Crippen molar-refractivity contribution in [2.45, 2.75) is 27.2 Å². The van der Waals surface area contributed by atoms with Gasteiger partial charge in [0.15, 0.2) is 0 Å². The average molecular weight is 452 g/mol. The number of carbonyl (C=O) groups is 1. The summed E-state index contributed by atoms with van der Waals surface area (Å²) >= 11 is 0. The number of rotatable bonds is 8. The number of amides is 1. The Hall–Kier alpha value is -4.06. The van der Waals surface area contributed by atoms with Gasteiger partial charge in [-0.05, 0) is 86.5 Å². The Morgan fingerprint density at radius 3 is 2.44 bits per heavy atom. The topological polar surface area (TPSA) is 71.0 Å². The molecule has 0 fully saturated rings. The summed E-state index contributed by atoms with van der Waals surface area (Å²) < 4.78 is 0. The van der Waals surface area contributed by atoms with Gasteiger partial charge in [-0.1, -0.05) is 6.07 Å². The van der Waals surface area contributed by atoms with E-state index >= 15 is 0 Å². The maximum absolute atomic E-state index is 13.0. The highest BCUT2D eigenvalue weighted by Crippen LogP contribution is 2.24. The number of benzene rings is 2. The Bertz CT molecular complexity index is 1250. The quantitative estimate of drug-likeness (QED) is 0.381. The molecule has 4 aromatic rings. The van der Waals surface area contributed by atoms with Gasteiger partial charge in [-0.2, -0.15) is 0 Å². The molecule has 2 aromatic heterocycles. The minimum atomic E-state index is -0.131. The van der Waals surface area contributed by atoms with Crippen molar-refractivity contribution in [2.75, 3.05) is 23.3 Å². The lowest BCUT2D eigenvalue weighted by molar-refractivity contribution is 0.102. The van der Waals surface area contributed by atoms with Crippen molar-refractivity contribution in [3.63, 3.8) is 0 Å². The third kappa shape index (κ3) is 5.29. The van der Waals surface area contributed by atoms with Crippen LogP contribution in [0.3, 0.4) is 0 Å². The van der Waals surface area contributed by atoms with E-state index in [4.69, 9.17) is 0 Å². The highest BCUT2D eigenvalue weighted by Gasteiger charge is 2.13. The van der Waals surface area contributed by atoms with Gasteiger partial charge in [0.05, 0.1) is 11.4 Å². The van der Waals surface area contributed by atoms with E-state index in [1.165, 1.54) is 6.33 Å². The second-order valence-corrected chi connectivity index (χ2v) is 8.08. The molecule has 0 aliphatic heterocycles.